The van der Waals surface area contributed by atoms with E-state index in [9.17, 15) is 9.59 Å². The highest BCUT2D eigenvalue weighted by Crippen LogP contribution is 2.36. The number of carbonyl (C=O) groups is 2. The summed E-state index contributed by atoms with van der Waals surface area (Å²) in [5, 5.41) is 2.31. The number of benzene rings is 4. The van der Waals surface area contributed by atoms with Crippen molar-refractivity contribution in [3.63, 3.8) is 0 Å². The van der Waals surface area contributed by atoms with E-state index in [1.807, 2.05) is 74.5 Å². The summed E-state index contributed by atoms with van der Waals surface area (Å²) in [6.45, 7) is 9.32. The number of ether oxygens (including phenoxy) is 2. The Hall–Kier alpha value is -4.38. The van der Waals surface area contributed by atoms with Gasteiger partial charge in [-0.15, -0.1) is 0 Å². The Morgan fingerprint density at radius 3 is 1.78 bits per heavy atom. The van der Waals surface area contributed by atoms with Gasteiger partial charge in [-0.1, -0.05) is 75.0 Å². The van der Waals surface area contributed by atoms with Crippen LogP contribution in [0.4, 0.5) is 17.1 Å². The maximum Gasteiger partial charge on any atom is 0.333 e. The highest BCUT2D eigenvalue weighted by molar-refractivity contribution is 5.89. The van der Waals surface area contributed by atoms with Gasteiger partial charge in [-0.3, -0.25) is 4.79 Å². The Labute approximate surface area is 217 Å². The maximum absolute atomic E-state index is 11.9. The van der Waals surface area contributed by atoms with Crippen LogP contribution in [0.15, 0.2) is 103 Å². The van der Waals surface area contributed by atoms with Gasteiger partial charge in [0.15, 0.2) is 0 Å². The van der Waals surface area contributed by atoms with Crippen molar-refractivity contribution >= 4 is 39.8 Å². The van der Waals surface area contributed by atoms with Crippen LogP contribution in [-0.2, 0) is 32.3 Å². The Bertz CT molecular complexity index is 1410. The lowest BCUT2D eigenvalue weighted by Crippen LogP contribution is -2.12. The number of rotatable bonds is 9. The van der Waals surface area contributed by atoms with Crippen LogP contribution >= 0.6 is 0 Å². The van der Waals surface area contributed by atoms with Gasteiger partial charge in [-0.05, 0) is 65.2 Å². The van der Waals surface area contributed by atoms with Crippen molar-refractivity contribution in [2.45, 2.75) is 34.0 Å². The van der Waals surface area contributed by atoms with E-state index in [0.717, 1.165) is 33.6 Å². The number of esters is 2. The van der Waals surface area contributed by atoms with Crippen molar-refractivity contribution in [1.29, 1.82) is 0 Å². The summed E-state index contributed by atoms with van der Waals surface area (Å²) in [6, 6.07) is 30.6. The van der Waals surface area contributed by atoms with E-state index in [1.54, 1.807) is 6.92 Å². The predicted octanol–water partition coefficient (Wildman–Crippen LogP) is 7.63. The zero-order chi connectivity index (χ0) is 26.4. The summed E-state index contributed by atoms with van der Waals surface area (Å²) in [5.41, 5.74) is 5.13. The first kappa shape index (κ1) is 25.7. The molecule has 0 fully saturated rings. The van der Waals surface area contributed by atoms with Gasteiger partial charge in [0, 0.05) is 22.6 Å². The van der Waals surface area contributed by atoms with E-state index >= 15 is 0 Å². The molecule has 37 heavy (non-hydrogen) atoms. The number of fused-ring (bicyclic) bond motifs is 1. The average Bonchev–Trinajstić information content (AvgIpc) is 2.91. The molecule has 0 amide bonds. The molecule has 5 nitrogen and oxygen atoms in total. The number of nitrogens with zero attached hydrogens (tertiary/aromatic N) is 1. The van der Waals surface area contributed by atoms with Crippen molar-refractivity contribution in [1.82, 2.24) is 0 Å². The Morgan fingerprint density at radius 2 is 1.24 bits per heavy atom. The second-order valence-electron chi connectivity index (χ2n) is 9.32. The summed E-state index contributed by atoms with van der Waals surface area (Å²) in [5.74, 6) is -0.771. The normalized spacial score (nSPS) is 10.8. The molecular formula is C32H31NO4. The van der Waals surface area contributed by atoms with Crippen LogP contribution in [0.3, 0.4) is 0 Å². The first-order valence-electron chi connectivity index (χ1n) is 12.3. The molecule has 0 saturated carbocycles. The van der Waals surface area contributed by atoms with E-state index in [0.29, 0.717) is 5.57 Å². The molecule has 0 aliphatic heterocycles. The number of anilines is 3. The van der Waals surface area contributed by atoms with E-state index in [4.69, 9.17) is 9.47 Å². The molecule has 0 unspecified atom stereocenters. The smallest absolute Gasteiger partial charge is 0.333 e. The molecule has 4 aromatic rings. The molecule has 0 atom stereocenters. The van der Waals surface area contributed by atoms with Crippen LogP contribution in [0.1, 0.15) is 31.9 Å². The standard InChI is InChI=1S/C32H31NO4/c1-22(2)31(34)36-20-24-9-14-28(15-10-24)33(30-18-13-26-7-5-6-8-27(26)19-30)29-16-11-25(12-17-29)21-37-32(35)23(3)4/h5-19,23H,1,20-21H2,2-4H3. The van der Waals surface area contributed by atoms with E-state index in [2.05, 4.69) is 41.8 Å². The van der Waals surface area contributed by atoms with Crippen LogP contribution in [0, 0.1) is 5.92 Å². The molecule has 0 aromatic heterocycles. The van der Waals surface area contributed by atoms with E-state index in [1.165, 1.54) is 5.39 Å². The third-order valence-electron chi connectivity index (χ3n) is 5.95. The fourth-order valence-corrected chi connectivity index (χ4v) is 3.84. The molecule has 0 bridgehead atoms. The largest absolute Gasteiger partial charge is 0.461 e. The van der Waals surface area contributed by atoms with Crippen LogP contribution in [0.2, 0.25) is 0 Å². The molecule has 0 aliphatic rings. The lowest BCUT2D eigenvalue weighted by atomic mass is 10.1. The van der Waals surface area contributed by atoms with Gasteiger partial charge >= 0.3 is 11.9 Å². The topological polar surface area (TPSA) is 55.8 Å². The Balaban J connectivity index is 1.63. The van der Waals surface area contributed by atoms with Crippen molar-refractivity contribution in [2.24, 2.45) is 5.92 Å². The van der Waals surface area contributed by atoms with Gasteiger partial charge in [0.2, 0.25) is 0 Å². The fraction of sp³-hybridized carbons (Fsp3) is 0.188. The molecule has 5 heteroatoms. The predicted molar refractivity (Wildman–Crippen MR) is 148 cm³/mol. The Kier molecular flexibility index (Phi) is 8.04. The first-order valence-corrected chi connectivity index (χ1v) is 12.3. The number of hydrogen-bond donors (Lipinski definition) is 0. The lowest BCUT2D eigenvalue weighted by molar-refractivity contribution is -0.148. The monoisotopic (exact) mass is 493 g/mol. The highest BCUT2D eigenvalue weighted by atomic mass is 16.5. The van der Waals surface area contributed by atoms with Gasteiger partial charge in [0.05, 0.1) is 5.92 Å². The van der Waals surface area contributed by atoms with Crippen LogP contribution in [0.5, 0.6) is 0 Å². The van der Waals surface area contributed by atoms with Gasteiger partial charge in [-0.2, -0.15) is 0 Å². The van der Waals surface area contributed by atoms with Crippen LogP contribution in [0.25, 0.3) is 10.8 Å². The van der Waals surface area contributed by atoms with Crippen LogP contribution < -0.4 is 4.90 Å². The molecule has 0 aliphatic carbocycles. The molecule has 188 valence electrons. The average molecular weight is 494 g/mol. The second-order valence-corrected chi connectivity index (χ2v) is 9.32. The zero-order valence-corrected chi connectivity index (χ0v) is 21.4. The number of carbonyl (C=O) groups excluding carboxylic acids is 2. The highest BCUT2D eigenvalue weighted by Gasteiger charge is 2.14. The third kappa shape index (κ3) is 6.44. The summed E-state index contributed by atoms with van der Waals surface area (Å²) in [6.07, 6.45) is 0. The van der Waals surface area contributed by atoms with E-state index in [-0.39, 0.29) is 25.1 Å². The molecule has 4 aromatic carbocycles. The maximum atomic E-state index is 11.9. The molecule has 0 saturated heterocycles. The second kappa shape index (κ2) is 11.6. The minimum Gasteiger partial charge on any atom is -0.461 e. The fourth-order valence-electron chi connectivity index (χ4n) is 3.84. The SMILES string of the molecule is C=C(C)C(=O)OCc1ccc(N(c2ccc(COC(=O)C(C)C)cc2)c2ccc3ccccc3c2)cc1. The summed E-state index contributed by atoms with van der Waals surface area (Å²) >= 11 is 0. The summed E-state index contributed by atoms with van der Waals surface area (Å²) in [7, 11) is 0. The van der Waals surface area contributed by atoms with Crippen LogP contribution in [-0.4, -0.2) is 11.9 Å². The molecule has 0 N–H and O–H groups in total. The molecule has 0 spiro atoms. The summed E-state index contributed by atoms with van der Waals surface area (Å²) < 4.78 is 10.7. The molecule has 0 heterocycles. The number of hydrogen-bond acceptors (Lipinski definition) is 5. The van der Waals surface area contributed by atoms with Gasteiger partial charge in [0.25, 0.3) is 0 Å². The minimum absolute atomic E-state index is 0.157. The quantitative estimate of drug-likeness (QED) is 0.177. The van der Waals surface area contributed by atoms with Gasteiger partial charge in [0.1, 0.15) is 13.2 Å². The van der Waals surface area contributed by atoms with Gasteiger partial charge < -0.3 is 14.4 Å². The molecular weight excluding hydrogens is 462 g/mol. The lowest BCUT2D eigenvalue weighted by Gasteiger charge is -2.26. The first-order chi connectivity index (χ1) is 17.8. The van der Waals surface area contributed by atoms with E-state index < -0.39 is 5.97 Å². The zero-order valence-electron chi connectivity index (χ0n) is 21.4. The van der Waals surface area contributed by atoms with Crippen molar-refractivity contribution in [3.05, 3.63) is 114 Å². The van der Waals surface area contributed by atoms with Crippen molar-refractivity contribution in [2.75, 3.05) is 4.90 Å². The summed E-state index contributed by atoms with van der Waals surface area (Å²) in [4.78, 5) is 25.8. The third-order valence-corrected chi connectivity index (χ3v) is 5.95. The van der Waals surface area contributed by atoms with Crippen molar-refractivity contribution < 1.29 is 19.1 Å². The molecule has 0 radical (unpaired) electrons. The Morgan fingerprint density at radius 1 is 0.730 bits per heavy atom. The molecule has 4 rings (SSSR count). The van der Waals surface area contributed by atoms with Gasteiger partial charge in [-0.25, -0.2) is 4.79 Å². The van der Waals surface area contributed by atoms with Crippen molar-refractivity contribution in [3.8, 4) is 0 Å². The minimum atomic E-state index is -0.402.